The zero-order valence-corrected chi connectivity index (χ0v) is 19.2. The van der Waals surface area contributed by atoms with Crippen molar-refractivity contribution in [3.8, 4) is 11.5 Å². The molecule has 2 aromatic carbocycles. The van der Waals surface area contributed by atoms with E-state index in [9.17, 15) is 14.4 Å². The molecule has 4 rings (SSSR count). The summed E-state index contributed by atoms with van der Waals surface area (Å²) < 4.78 is 16.1. The number of nitrogens with zero attached hydrogens (tertiary/aromatic N) is 2. The molecule has 8 heteroatoms. The van der Waals surface area contributed by atoms with Crippen LogP contribution in [-0.4, -0.2) is 50.7 Å². The lowest BCUT2D eigenvalue weighted by Gasteiger charge is -2.26. The van der Waals surface area contributed by atoms with E-state index in [1.807, 2.05) is 31.2 Å². The summed E-state index contributed by atoms with van der Waals surface area (Å²) in [5.41, 5.74) is 2.51. The quantitative estimate of drug-likeness (QED) is 0.627. The zero-order valence-electron chi connectivity index (χ0n) is 19.2. The first-order chi connectivity index (χ1) is 15.8. The molecule has 33 heavy (non-hydrogen) atoms. The molecule has 174 valence electrons. The van der Waals surface area contributed by atoms with Crippen molar-refractivity contribution in [3.63, 3.8) is 0 Å². The number of hydrogen-bond acceptors (Lipinski definition) is 6. The number of fused-ring (bicyclic) bond motifs is 1. The lowest BCUT2D eigenvalue weighted by molar-refractivity contribution is -0.157. The fourth-order valence-electron chi connectivity index (χ4n) is 4.52. The van der Waals surface area contributed by atoms with Gasteiger partial charge in [-0.05, 0) is 44.0 Å². The summed E-state index contributed by atoms with van der Waals surface area (Å²) in [6.07, 6.45) is -0.179. The van der Waals surface area contributed by atoms with Crippen molar-refractivity contribution in [1.82, 2.24) is 0 Å². The van der Waals surface area contributed by atoms with Crippen molar-refractivity contribution >= 4 is 29.2 Å². The van der Waals surface area contributed by atoms with Gasteiger partial charge < -0.3 is 24.0 Å². The second-order valence-electron chi connectivity index (χ2n) is 8.41. The molecular weight excluding hydrogens is 424 g/mol. The van der Waals surface area contributed by atoms with Crippen LogP contribution in [0, 0.1) is 5.92 Å². The first-order valence-corrected chi connectivity index (χ1v) is 11.0. The average Bonchev–Trinajstić information content (AvgIpc) is 3.37. The third-order valence-corrected chi connectivity index (χ3v) is 6.22. The van der Waals surface area contributed by atoms with E-state index in [0.717, 1.165) is 17.7 Å². The van der Waals surface area contributed by atoms with Crippen LogP contribution in [0.5, 0.6) is 11.5 Å². The van der Waals surface area contributed by atoms with Crippen molar-refractivity contribution < 1.29 is 28.6 Å². The Morgan fingerprint density at radius 2 is 1.79 bits per heavy atom. The molecule has 0 unspecified atom stereocenters. The summed E-state index contributed by atoms with van der Waals surface area (Å²) in [4.78, 5) is 41.8. The van der Waals surface area contributed by atoms with Crippen LogP contribution in [0.25, 0.3) is 0 Å². The summed E-state index contributed by atoms with van der Waals surface area (Å²) in [5.74, 6) is -0.618. The first-order valence-electron chi connectivity index (χ1n) is 11.0. The Morgan fingerprint density at radius 3 is 2.52 bits per heavy atom. The van der Waals surface area contributed by atoms with Gasteiger partial charge in [0.2, 0.25) is 5.91 Å². The summed E-state index contributed by atoms with van der Waals surface area (Å²) in [6, 6.07) is 12.9. The number of hydrogen-bond donors (Lipinski definition) is 0. The Kier molecular flexibility index (Phi) is 6.26. The van der Waals surface area contributed by atoms with Crippen LogP contribution in [0.1, 0.15) is 25.8 Å². The molecule has 0 N–H and O–H groups in total. The van der Waals surface area contributed by atoms with E-state index in [1.165, 1.54) is 12.0 Å². The van der Waals surface area contributed by atoms with Crippen molar-refractivity contribution in [3.05, 3.63) is 48.0 Å². The minimum Gasteiger partial charge on any atom is -0.497 e. The highest BCUT2D eigenvalue weighted by molar-refractivity contribution is 6.02. The fourth-order valence-corrected chi connectivity index (χ4v) is 4.52. The van der Waals surface area contributed by atoms with Crippen LogP contribution in [0.4, 0.5) is 11.4 Å². The smallest absolute Gasteiger partial charge is 0.312 e. The zero-order chi connectivity index (χ0) is 23.7. The molecule has 0 saturated carbocycles. The van der Waals surface area contributed by atoms with Crippen LogP contribution in [0.15, 0.2) is 42.5 Å². The van der Waals surface area contributed by atoms with Gasteiger partial charge in [-0.2, -0.15) is 0 Å². The summed E-state index contributed by atoms with van der Waals surface area (Å²) in [6.45, 7) is 3.71. The monoisotopic (exact) mass is 452 g/mol. The van der Waals surface area contributed by atoms with E-state index >= 15 is 0 Å². The second-order valence-corrected chi connectivity index (χ2v) is 8.41. The van der Waals surface area contributed by atoms with Gasteiger partial charge in [-0.3, -0.25) is 14.4 Å². The maximum atomic E-state index is 13.1. The number of para-hydroxylation sites is 1. The minimum absolute atomic E-state index is 0.0118. The fraction of sp³-hybridized carbons (Fsp3) is 0.400. The van der Waals surface area contributed by atoms with Crippen LogP contribution in [0.2, 0.25) is 0 Å². The predicted octanol–water partition coefficient (Wildman–Crippen LogP) is 2.97. The molecule has 0 radical (unpaired) electrons. The van der Waals surface area contributed by atoms with E-state index < -0.39 is 18.0 Å². The van der Waals surface area contributed by atoms with Gasteiger partial charge in [0.05, 0.1) is 25.8 Å². The number of carbonyl (C=O) groups excluding carboxylic acids is 3. The van der Waals surface area contributed by atoms with Crippen molar-refractivity contribution in [2.75, 3.05) is 30.6 Å². The third-order valence-electron chi connectivity index (χ3n) is 6.22. The Balaban J connectivity index is 1.43. The Morgan fingerprint density at radius 1 is 1.03 bits per heavy atom. The molecule has 1 fully saturated rings. The normalized spacial score (nSPS) is 20.4. The van der Waals surface area contributed by atoms with E-state index in [-0.39, 0.29) is 30.8 Å². The van der Waals surface area contributed by atoms with Gasteiger partial charge in [-0.1, -0.05) is 18.2 Å². The number of benzene rings is 2. The standard InChI is InChI=1S/C25H28N2O6/c1-15-11-17-7-5-6-8-20(17)27(15)24(29)16(2)33-25(30)18-12-23(28)26(14-18)21-10-9-19(31-3)13-22(21)32-4/h5-10,13,15-16,18H,11-12,14H2,1-4H3/t15-,16-,18+/m0/s1. The van der Waals surface area contributed by atoms with Gasteiger partial charge in [-0.25, -0.2) is 0 Å². The SMILES string of the molecule is COc1ccc(N2C[C@H](C(=O)O[C@@H](C)C(=O)N3c4ccccc4C[C@@H]3C)CC2=O)c(OC)c1. The van der Waals surface area contributed by atoms with E-state index in [0.29, 0.717) is 17.2 Å². The Bertz CT molecular complexity index is 1080. The van der Waals surface area contributed by atoms with E-state index in [4.69, 9.17) is 14.2 Å². The van der Waals surface area contributed by atoms with Crippen molar-refractivity contribution in [2.24, 2.45) is 5.92 Å². The number of rotatable bonds is 6. The molecule has 0 aromatic heterocycles. The molecule has 2 aliphatic heterocycles. The Labute approximate surface area is 193 Å². The minimum atomic E-state index is -0.953. The molecule has 8 nitrogen and oxygen atoms in total. The van der Waals surface area contributed by atoms with E-state index in [1.54, 1.807) is 37.1 Å². The maximum Gasteiger partial charge on any atom is 0.312 e. The van der Waals surface area contributed by atoms with Crippen molar-refractivity contribution in [1.29, 1.82) is 0 Å². The predicted molar refractivity (Wildman–Crippen MR) is 123 cm³/mol. The highest BCUT2D eigenvalue weighted by atomic mass is 16.5. The number of anilines is 2. The topological polar surface area (TPSA) is 85.4 Å². The molecular formula is C25H28N2O6. The number of esters is 1. The molecule has 0 spiro atoms. The largest absolute Gasteiger partial charge is 0.497 e. The molecule has 2 aliphatic rings. The molecule has 1 saturated heterocycles. The van der Waals surface area contributed by atoms with Crippen LogP contribution >= 0.6 is 0 Å². The van der Waals surface area contributed by atoms with Gasteiger partial charge in [0, 0.05) is 30.8 Å². The molecule has 2 amide bonds. The number of ether oxygens (including phenoxy) is 3. The van der Waals surface area contributed by atoms with Crippen LogP contribution in [0.3, 0.4) is 0 Å². The summed E-state index contributed by atoms with van der Waals surface area (Å²) >= 11 is 0. The highest BCUT2D eigenvalue weighted by Gasteiger charge is 2.40. The van der Waals surface area contributed by atoms with Gasteiger partial charge in [0.15, 0.2) is 6.10 Å². The molecule has 2 aromatic rings. The third kappa shape index (κ3) is 4.25. The first kappa shape index (κ1) is 22.6. The maximum absolute atomic E-state index is 13.1. The molecule has 2 heterocycles. The lowest BCUT2D eigenvalue weighted by Crippen LogP contribution is -2.43. The molecule has 0 aliphatic carbocycles. The van der Waals surface area contributed by atoms with Gasteiger partial charge in [-0.15, -0.1) is 0 Å². The van der Waals surface area contributed by atoms with Crippen molar-refractivity contribution in [2.45, 2.75) is 38.8 Å². The molecule has 0 bridgehead atoms. The van der Waals surface area contributed by atoms with E-state index in [2.05, 4.69) is 0 Å². The van der Waals surface area contributed by atoms with Crippen LogP contribution in [-0.2, 0) is 25.5 Å². The van der Waals surface area contributed by atoms with Gasteiger partial charge in [0.25, 0.3) is 5.91 Å². The number of amides is 2. The highest BCUT2D eigenvalue weighted by Crippen LogP contribution is 2.36. The number of carbonyl (C=O) groups is 3. The molecule has 3 atom stereocenters. The average molecular weight is 453 g/mol. The van der Waals surface area contributed by atoms with Gasteiger partial charge >= 0.3 is 5.97 Å². The van der Waals surface area contributed by atoms with Crippen LogP contribution < -0.4 is 19.3 Å². The van der Waals surface area contributed by atoms with Gasteiger partial charge in [0.1, 0.15) is 11.5 Å². The summed E-state index contributed by atoms with van der Waals surface area (Å²) in [7, 11) is 3.06. The second kappa shape index (κ2) is 9.13. The summed E-state index contributed by atoms with van der Waals surface area (Å²) in [5, 5.41) is 0. The Hall–Kier alpha value is -3.55. The number of methoxy groups -OCH3 is 2. The lowest BCUT2D eigenvalue weighted by atomic mass is 10.1.